The molecule has 0 radical (unpaired) electrons. The Kier molecular flexibility index (Phi) is 6.75. The third-order valence-corrected chi connectivity index (χ3v) is 2.24. The lowest BCUT2D eigenvalue weighted by atomic mass is 10.2. The second kappa shape index (κ2) is 8.53. The molecule has 0 N–H and O–H groups in total. The van der Waals surface area contributed by atoms with E-state index in [1.807, 2.05) is 30.3 Å². The predicted molar refractivity (Wildman–Crippen MR) is 67.2 cm³/mol. The van der Waals surface area contributed by atoms with Crippen LogP contribution in [0.2, 0.25) is 0 Å². The highest BCUT2D eigenvalue weighted by Gasteiger charge is 2.09. The molecule has 3 nitrogen and oxygen atoms in total. The van der Waals surface area contributed by atoms with E-state index in [4.69, 9.17) is 9.47 Å². The summed E-state index contributed by atoms with van der Waals surface area (Å²) in [6.07, 6.45) is 3.67. The quantitative estimate of drug-likeness (QED) is 0.486. The van der Waals surface area contributed by atoms with Crippen LogP contribution in [0.4, 0.5) is 0 Å². The van der Waals surface area contributed by atoms with Crippen molar-refractivity contribution < 1.29 is 14.3 Å². The zero-order valence-corrected chi connectivity index (χ0v) is 9.88. The van der Waals surface area contributed by atoms with Gasteiger partial charge in [-0.2, -0.15) is 0 Å². The molecule has 0 saturated carbocycles. The minimum Gasteiger partial charge on any atom is -0.491 e. The molecule has 0 aliphatic carbocycles. The molecule has 0 bridgehead atoms. The van der Waals surface area contributed by atoms with Gasteiger partial charge in [0.1, 0.15) is 18.6 Å². The predicted octanol–water partition coefficient (Wildman–Crippen LogP) is 2.62. The molecular formula is C14H18O3. The second-order valence-corrected chi connectivity index (χ2v) is 3.61. The first-order valence-electron chi connectivity index (χ1n) is 5.70. The summed E-state index contributed by atoms with van der Waals surface area (Å²) >= 11 is 0. The van der Waals surface area contributed by atoms with E-state index >= 15 is 0 Å². The number of rotatable bonds is 9. The molecule has 0 saturated heterocycles. The van der Waals surface area contributed by atoms with Crippen molar-refractivity contribution in [3.8, 4) is 5.75 Å². The molecular weight excluding hydrogens is 216 g/mol. The molecule has 1 unspecified atom stereocenters. The smallest absolute Gasteiger partial charge is 0.120 e. The van der Waals surface area contributed by atoms with Crippen molar-refractivity contribution in [2.45, 2.75) is 18.9 Å². The number of benzene rings is 1. The van der Waals surface area contributed by atoms with Gasteiger partial charge in [0, 0.05) is 6.42 Å². The third kappa shape index (κ3) is 5.88. The highest BCUT2D eigenvalue weighted by atomic mass is 16.5. The summed E-state index contributed by atoms with van der Waals surface area (Å²) < 4.78 is 11.1. The summed E-state index contributed by atoms with van der Waals surface area (Å²) in [5.74, 6) is 0.811. The molecule has 3 heteroatoms. The van der Waals surface area contributed by atoms with Crippen LogP contribution in [0.3, 0.4) is 0 Å². The Labute approximate surface area is 102 Å². The second-order valence-electron chi connectivity index (χ2n) is 3.61. The van der Waals surface area contributed by atoms with Crippen molar-refractivity contribution in [2.24, 2.45) is 0 Å². The fraction of sp³-hybridized carbons (Fsp3) is 0.357. The normalized spacial score (nSPS) is 11.8. The molecule has 92 valence electrons. The summed E-state index contributed by atoms with van der Waals surface area (Å²) in [5.41, 5.74) is 0. The van der Waals surface area contributed by atoms with Crippen LogP contribution in [-0.4, -0.2) is 25.6 Å². The molecule has 1 atom stereocenters. The largest absolute Gasteiger partial charge is 0.491 e. The van der Waals surface area contributed by atoms with Crippen LogP contribution >= 0.6 is 0 Å². The molecule has 1 aromatic rings. The molecule has 0 aromatic heterocycles. The van der Waals surface area contributed by atoms with Gasteiger partial charge in [0.2, 0.25) is 0 Å². The number of carbonyl (C=O) groups is 1. The van der Waals surface area contributed by atoms with Crippen molar-refractivity contribution in [1.82, 2.24) is 0 Å². The van der Waals surface area contributed by atoms with Crippen LogP contribution < -0.4 is 4.74 Å². The average Bonchev–Trinajstić information content (AvgIpc) is 2.39. The van der Waals surface area contributed by atoms with Gasteiger partial charge in [-0.1, -0.05) is 24.3 Å². The lowest BCUT2D eigenvalue weighted by Crippen LogP contribution is -2.22. The van der Waals surface area contributed by atoms with Gasteiger partial charge in [-0.3, -0.25) is 0 Å². The zero-order valence-electron chi connectivity index (χ0n) is 9.88. The number of para-hydroxylation sites is 1. The van der Waals surface area contributed by atoms with E-state index < -0.39 is 0 Å². The fourth-order valence-electron chi connectivity index (χ4n) is 1.38. The standard InChI is InChI=1S/C14H18O3/c1-2-11-16-14(9-6-10-15)12-17-13-7-4-3-5-8-13/h2-5,7-8,10,14H,1,6,9,11-12H2. The van der Waals surface area contributed by atoms with Gasteiger partial charge in [-0.25, -0.2) is 0 Å². The Bertz CT molecular complexity index is 309. The third-order valence-electron chi connectivity index (χ3n) is 2.24. The van der Waals surface area contributed by atoms with Crippen molar-refractivity contribution in [3.63, 3.8) is 0 Å². The molecule has 0 fully saturated rings. The lowest BCUT2D eigenvalue weighted by Gasteiger charge is -2.16. The van der Waals surface area contributed by atoms with Crippen molar-refractivity contribution >= 4 is 6.29 Å². The SMILES string of the molecule is C=CCOC(CCC=O)COc1ccccc1. The topological polar surface area (TPSA) is 35.5 Å². The first-order chi connectivity index (χ1) is 8.36. The number of hydrogen-bond donors (Lipinski definition) is 0. The van der Waals surface area contributed by atoms with Crippen molar-refractivity contribution in [1.29, 1.82) is 0 Å². The average molecular weight is 234 g/mol. The maximum absolute atomic E-state index is 10.3. The van der Waals surface area contributed by atoms with Crippen LogP contribution in [0.15, 0.2) is 43.0 Å². The number of aldehydes is 1. The molecule has 17 heavy (non-hydrogen) atoms. The van der Waals surface area contributed by atoms with E-state index in [0.717, 1.165) is 12.0 Å². The maximum atomic E-state index is 10.3. The molecule has 0 heterocycles. The van der Waals surface area contributed by atoms with E-state index in [-0.39, 0.29) is 6.10 Å². The number of ether oxygens (including phenoxy) is 2. The van der Waals surface area contributed by atoms with Gasteiger partial charge < -0.3 is 14.3 Å². The molecule has 0 amide bonds. The minimum atomic E-state index is -0.0709. The molecule has 0 aliphatic heterocycles. The van der Waals surface area contributed by atoms with Crippen LogP contribution in [0.1, 0.15) is 12.8 Å². The van der Waals surface area contributed by atoms with E-state index in [2.05, 4.69) is 6.58 Å². The van der Waals surface area contributed by atoms with Crippen LogP contribution in [-0.2, 0) is 9.53 Å². The van der Waals surface area contributed by atoms with Gasteiger partial charge in [-0.15, -0.1) is 6.58 Å². The fourth-order valence-corrected chi connectivity index (χ4v) is 1.38. The molecule has 1 aromatic carbocycles. The Morgan fingerprint density at radius 3 is 2.71 bits per heavy atom. The van der Waals surface area contributed by atoms with Gasteiger partial charge in [-0.05, 0) is 18.6 Å². The van der Waals surface area contributed by atoms with Gasteiger partial charge in [0.25, 0.3) is 0 Å². The monoisotopic (exact) mass is 234 g/mol. The Hall–Kier alpha value is -1.61. The Balaban J connectivity index is 2.36. The summed E-state index contributed by atoms with van der Waals surface area (Å²) in [4.78, 5) is 10.3. The molecule has 1 rings (SSSR count). The summed E-state index contributed by atoms with van der Waals surface area (Å²) in [7, 11) is 0. The number of hydrogen-bond acceptors (Lipinski definition) is 3. The van der Waals surface area contributed by atoms with Gasteiger partial charge in [0.05, 0.1) is 12.7 Å². The van der Waals surface area contributed by atoms with E-state index in [0.29, 0.717) is 26.1 Å². The summed E-state index contributed by atoms with van der Waals surface area (Å²) in [6.45, 7) is 4.52. The highest BCUT2D eigenvalue weighted by Crippen LogP contribution is 2.11. The molecule has 0 spiro atoms. The Morgan fingerprint density at radius 1 is 1.29 bits per heavy atom. The molecule has 0 aliphatic rings. The zero-order chi connectivity index (χ0) is 12.3. The first kappa shape index (κ1) is 13.5. The summed E-state index contributed by atoms with van der Waals surface area (Å²) in [5, 5.41) is 0. The van der Waals surface area contributed by atoms with E-state index in [1.165, 1.54) is 0 Å². The number of carbonyl (C=O) groups excluding carboxylic acids is 1. The summed E-state index contributed by atoms with van der Waals surface area (Å²) in [6, 6.07) is 9.56. The lowest BCUT2D eigenvalue weighted by molar-refractivity contribution is -0.108. The van der Waals surface area contributed by atoms with Crippen LogP contribution in [0.25, 0.3) is 0 Å². The van der Waals surface area contributed by atoms with Gasteiger partial charge >= 0.3 is 0 Å². The van der Waals surface area contributed by atoms with Crippen LogP contribution in [0, 0.1) is 0 Å². The maximum Gasteiger partial charge on any atom is 0.120 e. The first-order valence-corrected chi connectivity index (χ1v) is 5.70. The van der Waals surface area contributed by atoms with Crippen molar-refractivity contribution in [2.75, 3.05) is 13.2 Å². The Morgan fingerprint density at radius 2 is 2.06 bits per heavy atom. The van der Waals surface area contributed by atoms with Gasteiger partial charge in [0.15, 0.2) is 0 Å². The van der Waals surface area contributed by atoms with E-state index in [1.54, 1.807) is 6.08 Å². The van der Waals surface area contributed by atoms with E-state index in [9.17, 15) is 4.79 Å². The minimum absolute atomic E-state index is 0.0709. The van der Waals surface area contributed by atoms with Crippen molar-refractivity contribution in [3.05, 3.63) is 43.0 Å². The van der Waals surface area contributed by atoms with Crippen LogP contribution in [0.5, 0.6) is 5.75 Å². The highest BCUT2D eigenvalue weighted by molar-refractivity contribution is 5.49.